The maximum atomic E-state index is 2.70. The van der Waals surface area contributed by atoms with Gasteiger partial charge >= 0.3 is 0 Å². The third kappa shape index (κ3) is 10.6. The molecule has 1 aliphatic rings. The minimum absolute atomic E-state index is 0.0802. The lowest BCUT2D eigenvalue weighted by Crippen LogP contribution is -2.23. The summed E-state index contributed by atoms with van der Waals surface area (Å²) in [7, 11) is 0. The first kappa shape index (κ1) is 59.0. The van der Waals surface area contributed by atoms with Crippen LogP contribution in [-0.4, -0.2) is 0 Å². The number of fused-ring (bicyclic) bond motifs is 4. The molecule has 1 aliphatic carbocycles. The van der Waals surface area contributed by atoms with Gasteiger partial charge < -0.3 is 0 Å². The van der Waals surface area contributed by atoms with E-state index in [0.29, 0.717) is 0 Å². The van der Waals surface area contributed by atoms with Crippen LogP contribution in [0.15, 0.2) is 72.8 Å². The van der Waals surface area contributed by atoms with Gasteiger partial charge in [-0.1, -0.05) is 267 Å². The van der Waals surface area contributed by atoms with E-state index in [2.05, 4.69) is 267 Å². The SMILES string of the molecule is CCc1cc(C(C)(C)C)cc(-c2c3c(c(-c4cc(C(C)(C)C)cc(CC)c4C(C)(C)C)c(-c4cc(C(C)(C)C)cc(CC)c4C(C)(C)C)c2-c2cc(C(C)(C)C)cc(CC)c2C(C)(C)C)-c2ccccc2-3)c1C(C)(C)C. The Hall–Kier alpha value is -4.68. The minimum Gasteiger partial charge on any atom is -0.0616 e. The molecule has 0 radical (unpaired) electrons. The van der Waals surface area contributed by atoms with E-state index < -0.39 is 0 Å². The van der Waals surface area contributed by atoms with E-state index in [9.17, 15) is 0 Å². The minimum atomic E-state index is -0.186. The fourth-order valence-electron chi connectivity index (χ4n) is 13.2. The molecule has 408 valence electrons. The lowest BCUT2D eigenvalue weighted by atomic mass is 9.62. The molecule has 0 amide bonds. The quantitative estimate of drug-likeness (QED) is 0.142. The molecule has 0 heteroatoms. The zero-order valence-electron chi connectivity index (χ0n) is 53.8. The lowest BCUT2D eigenvalue weighted by molar-refractivity contribution is 0.571. The second-order valence-corrected chi connectivity index (χ2v) is 31.4. The monoisotopic (exact) mass is 1020 g/mol. The van der Waals surface area contributed by atoms with Gasteiger partial charge in [-0.2, -0.15) is 0 Å². The zero-order chi connectivity index (χ0) is 57.2. The lowest BCUT2D eigenvalue weighted by Gasteiger charge is -2.41. The predicted octanol–water partition coefficient (Wildman–Crippen LogP) is 22.6. The molecule has 0 saturated carbocycles. The van der Waals surface area contributed by atoms with E-state index >= 15 is 0 Å². The average molecular weight is 1020 g/mol. The van der Waals surface area contributed by atoms with Crippen LogP contribution in [0.1, 0.15) is 261 Å². The highest BCUT2D eigenvalue weighted by molar-refractivity contribution is 6.23. The third-order valence-electron chi connectivity index (χ3n) is 16.9. The Labute approximate surface area is 466 Å². The molecule has 0 nitrogen and oxygen atoms in total. The van der Waals surface area contributed by atoms with Crippen LogP contribution in [0, 0.1) is 0 Å². The summed E-state index contributed by atoms with van der Waals surface area (Å²) in [6.07, 6.45) is 3.84. The number of hydrogen-bond acceptors (Lipinski definition) is 0. The van der Waals surface area contributed by atoms with Crippen molar-refractivity contribution >= 4 is 0 Å². The van der Waals surface area contributed by atoms with Gasteiger partial charge in [0.05, 0.1) is 0 Å². The molecule has 6 aromatic carbocycles. The summed E-state index contributed by atoms with van der Waals surface area (Å²) in [6.45, 7) is 68.5. The Morgan fingerprint density at radius 2 is 0.395 bits per heavy atom. The van der Waals surface area contributed by atoms with E-state index in [1.54, 1.807) is 0 Å². The molecule has 0 bridgehead atoms. The van der Waals surface area contributed by atoms with Crippen molar-refractivity contribution in [1.29, 1.82) is 0 Å². The second-order valence-electron chi connectivity index (χ2n) is 31.4. The fourth-order valence-corrected chi connectivity index (χ4v) is 13.2. The predicted molar refractivity (Wildman–Crippen MR) is 340 cm³/mol. The van der Waals surface area contributed by atoms with Gasteiger partial charge in [-0.25, -0.2) is 0 Å². The molecule has 0 aliphatic heterocycles. The van der Waals surface area contributed by atoms with E-state index in [-0.39, 0.29) is 43.3 Å². The topological polar surface area (TPSA) is 0 Å². The Bertz CT molecular complexity index is 2990. The first-order chi connectivity index (χ1) is 34.6. The molecule has 0 spiro atoms. The Morgan fingerprint density at radius 3 is 0.539 bits per heavy atom. The first-order valence-electron chi connectivity index (χ1n) is 29.7. The molecule has 0 saturated heterocycles. The van der Waals surface area contributed by atoms with Crippen molar-refractivity contribution in [2.24, 2.45) is 0 Å². The summed E-state index contributed by atoms with van der Waals surface area (Å²) in [6, 6.07) is 30.6. The standard InChI is InChI=1S/C76H104/c1-29-45-37-49(69(5,6)7)41-55(65(45)73(17,18)19)61-59-53-35-33-34-36-54(53)60(59)62(56-42-50(70(8,9)10)38-46(30-2)66(56)74(20,21)22)64(58-44-52(72(14,15)16)40-48(32-4)68(58)76(26,27)28)63(61)57-43-51(71(11,12)13)39-47(31-3)67(57)75(23,24)25/h33-44H,29-32H2,1-28H3. The molecule has 0 heterocycles. The van der Waals surface area contributed by atoms with Gasteiger partial charge in [-0.05, 0) is 203 Å². The van der Waals surface area contributed by atoms with Gasteiger partial charge in [0.2, 0.25) is 0 Å². The van der Waals surface area contributed by atoms with Gasteiger partial charge in [0, 0.05) is 0 Å². The van der Waals surface area contributed by atoms with Crippen LogP contribution in [-0.2, 0) is 69.0 Å². The molecular formula is C76H104. The fraction of sp³-hybridized carbons (Fsp3) is 0.526. The molecular weight excluding hydrogens is 913 g/mol. The van der Waals surface area contributed by atoms with Crippen molar-refractivity contribution in [3.8, 4) is 66.8 Å². The largest absolute Gasteiger partial charge is 0.0616 e. The summed E-state index contributed by atoms with van der Waals surface area (Å²) in [5.74, 6) is 0. The normalized spacial score (nSPS) is 13.7. The van der Waals surface area contributed by atoms with Crippen LogP contribution < -0.4 is 0 Å². The van der Waals surface area contributed by atoms with E-state index in [1.165, 1.54) is 134 Å². The van der Waals surface area contributed by atoms with Crippen molar-refractivity contribution < 1.29 is 0 Å². The number of hydrogen-bond donors (Lipinski definition) is 0. The van der Waals surface area contributed by atoms with E-state index in [4.69, 9.17) is 0 Å². The van der Waals surface area contributed by atoms with Crippen LogP contribution in [0.2, 0.25) is 0 Å². The second kappa shape index (κ2) is 19.6. The van der Waals surface area contributed by atoms with Crippen molar-refractivity contribution in [1.82, 2.24) is 0 Å². The van der Waals surface area contributed by atoms with Crippen LogP contribution >= 0.6 is 0 Å². The number of rotatable bonds is 8. The van der Waals surface area contributed by atoms with Crippen LogP contribution in [0.25, 0.3) is 66.8 Å². The summed E-state index contributed by atoms with van der Waals surface area (Å²) in [5.41, 5.74) is 33.1. The van der Waals surface area contributed by atoms with Crippen LogP contribution in [0.3, 0.4) is 0 Å². The molecule has 76 heavy (non-hydrogen) atoms. The maximum Gasteiger partial charge on any atom is -0.000730 e. The molecule has 0 fully saturated rings. The third-order valence-corrected chi connectivity index (χ3v) is 16.9. The van der Waals surface area contributed by atoms with Gasteiger partial charge in [0.15, 0.2) is 0 Å². The van der Waals surface area contributed by atoms with Gasteiger partial charge in [-0.3, -0.25) is 0 Å². The van der Waals surface area contributed by atoms with Gasteiger partial charge in [-0.15, -0.1) is 0 Å². The highest BCUT2D eigenvalue weighted by Gasteiger charge is 2.43. The molecule has 0 unspecified atom stereocenters. The number of aryl methyl sites for hydroxylation is 4. The van der Waals surface area contributed by atoms with E-state index in [1.807, 2.05) is 0 Å². The van der Waals surface area contributed by atoms with Crippen molar-refractivity contribution in [3.63, 3.8) is 0 Å². The molecule has 0 atom stereocenters. The number of benzene rings is 6. The van der Waals surface area contributed by atoms with Crippen molar-refractivity contribution in [2.75, 3.05) is 0 Å². The summed E-state index contributed by atoms with van der Waals surface area (Å²) in [5, 5.41) is 0. The summed E-state index contributed by atoms with van der Waals surface area (Å²) < 4.78 is 0. The van der Waals surface area contributed by atoms with Crippen LogP contribution in [0.5, 0.6) is 0 Å². The molecule has 0 N–H and O–H groups in total. The van der Waals surface area contributed by atoms with Gasteiger partial charge in [0.1, 0.15) is 0 Å². The maximum absolute atomic E-state index is 2.70. The molecule has 6 aromatic rings. The van der Waals surface area contributed by atoms with E-state index in [0.717, 1.165) is 25.7 Å². The molecule has 7 rings (SSSR count). The Balaban J connectivity index is 2.11. The smallest absolute Gasteiger partial charge is 0.000730 e. The zero-order valence-corrected chi connectivity index (χ0v) is 53.8. The average Bonchev–Trinajstić information content (AvgIpc) is 3.27. The van der Waals surface area contributed by atoms with Crippen LogP contribution in [0.4, 0.5) is 0 Å². The van der Waals surface area contributed by atoms with Crippen molar-refractivity contribution in [2.45, 2.75) is 263 Å². The summed E-state index contributed by atoms with van der Waals surface area (Å²) in [4.78, 5) is 0. The highest BCUT2D eigenvalue weighted by Crippen LogP contribution is 2.66. The van der Waals surface area contributed by atoms with Gasteiger partial charge in [0.25, 0.3) is 0 Å². The highest BCUT2D eigenvalue weighted by atomic mass is 14.5. The first-order valence-corrected chi connectivity index (χ1v) is 29.7. The Kier molecular flexibility index (Phi) is 15.2. The Morgan fingerprint density at radius 1 is 0.224 bits per heavy atom. The summed E-state index contributed by atoms with van der Waals surface area (Å²) >= 11 is 0. The van der Waals surface area contributed by atoms with Crippen molar-refractivity contribution in [3.05, 3.63) is 140 Å². The molecule has 0 aromatic heterocycles.